The van der Waals surface area contributed by atoms with Gasteiger partial charge in [-0.25, -0.2) is 0 Å². The fraction of sp³-hybridized carbons (Fsp3) is 0.167. The molecule has 0 N–H and O–H groups in total. The number of carbonyl (C=O) groups excluding carboxylic acids is 1. The molecule has 0 fully saturated rings. The molecule has 0 saturated heterocycles. The number of aldehydes is 1. The van der Waals surface area contributed by atoms with Crippen molar-refractivity contribution in [3.8, 4) is 0 Å². The first-order valence-electron chi connectivity index (χ1n) is 4.63. The maximum Gasteiger partial charge on any atom is 0.195 e. The van der Waals surface area contributed by atoms with Crippen molar-refractivity contribution in [1.82, 2.24) is 0 Å². The van der Waals surface area contributed by atoms with Crippen LogP contribution in [-0.4, -0.2) is 6.29 Å². The normalized spacial score (nSPS) is 10.5. The molecule has 0 bridgehead atoms. The van der Waals surface area contributed by atoms with E-state index < -0.39 is 0 Å². The molecule has 1 heterocycles. The Bertz CT molecular complexity index is 594. The summed E-state index contributed by atoms with van der Waals surface area (Å²) in [6, 6.07) is 4.98. The lowest BCUT2D eigenvalue weighted by Crippen LogP contribution is -2.07. The van der Waals surface area contributed by atoms with E-state index in [-0.39, 0.29) is 5.43 Å². The van der Waals surface area contributed by atoms with Gasteiger partial charge in [-0.1, -0.05) is 6.07 Å². The molecule has 76 valence electrons. The van der Waals surface area contributed by atoms with Gasteiger partial charge in [-0.3, -0.25) is 9.59 Å². The van der Waals surface area contributed by atoms with Crippen molar-refractivity contribution in [3.05, 3.63) is 45.3 Å². The maximum atomic E-state index is 11.8. The van der Waals surface area contributed by atoms with Crippen LogP contribution < -0.4 is 5.43 Å². The molecule has 0 amide bonds. The molecule has 3 heteroatoms. The summed E-state index contributed by atoms with van der Waals surface area (Å²) in [5, 5.41) is 0.461. The van der Waals surface area contributed by atoms with Crippen LogP contribution in [0.2, 0.25) is 0 Å². The van der Waals surface area contributed by atoms with Gasteiger partial charge in [0, 0.05) is 5.56 Å². The molecule has 0 atom stereocenters. The Balaban J connectivity index is 3.04. The van der Waals surface area contributed by atoms with Crippen LogP contribution in [0.15, 0.2) is 27.4 Å². The summed E-state index contributed by atoms with van der Waals surface area (Å²) >= 11 is 0. The van der Waals surface area contributed by atoms with Gasteiger partial charge >= 0.3 is 0 Å². The number of rotatable bonds is 1. The Labute approximate surface area is 86.3 Å². The van der Waals surface area contributed by atoms with Crippen molar-refractivity contribution in [2.75, 3.05) is 0 Å². The minimum Gasteiger partial charge on any atom is -0.460 e. The quantitative estimate of drug-likeness (QED) is 0.666. The predicted molar refractivity (Wildman–Crippen MR) is 57.3 cm³/mol. The van der Waals surface area contributed by atoms with E-state index in [0.29, 0.717) is 34.1 Å². The largest absolute Gasteiger partial charge is 0.460 e. The van der Waals surface area contributed by atoms with Crippen LogP contribution in [0.1, 0.15) is 21.7 Å². The molecular weight excluding hydrogens is 192 g/mol. The zero-order valence-corrected chi connectivity index (χ0v) is 8.53. The van der Waals surface area contributed by atoms with Gasteiger partial charge in [0.25, 0.3) is 0 Å². The number of fused-ring (bicyclic) bond motifs is 1. The molecule has 0 unspecified atom stereocenters. The van der Waals surface area contributed by atoms with Crippen LogP contribution in [0.5, 0.6) is 0 Å². The third-order valence-corrected chi connectivity index (χ3v) is 2.54. The first kappa shape index (κ1) is 9.65. The smallest absolute Gasteiger partial charge is 0.195 e. The lowest BCUT2D eigenvalue weighted by atomic mass is 10.1. The second-order valence-electron chi connectivity index (χ2n) is 3.45. The Hall–Kier alpha value is -1.90. The molecule has 1 aromatic carbocycles. The highest BCUT2D eigenvalue weighted by Crippen LogP contribution is 2.17. The number of carbonyl (C=O) groups is 1. The van der Waals surface area contributed by atoms with Gasteiger partial charge in [0.15, 0.2) is 11.7 Å². The average molecular weight is 202 g/mol. The van der Waals surface area contributed by atoms with Crippen LogP contribution in [0.4, 0.5) is 0 Å². The lowest BCUT2D eigenvalue weighted by Gasteiger charge is -2.03. The molecule has 0 spiro atoms. The maximum absolute atomic E-state index is 11.8. The second kappa shape index (κ2) is 3.35. The van der Waals surface area contributed by atoms with Crippen LogP contribution in [-0.2, 0) is 0 Å². The third kappa shape index (κ3) is 1.36. The number of aryl methyl sites for hydroxylation is 1. The van der Waals surface area contributed by atoms with Crippen molar-refractivity contribution >= 4 is 17.3 Å². The van der Waals surface area contributed by atoms with Crippen molar-refractivity contribution in [2.45, 2.75) is 13.8 Å². The molecular formula is C12H10O3. The standard InChI is InChI=1S/C12H10O3/c1-7-8(2)15-12-9(6-13)4-3-5-10(12)11(7)14/h3-6H,1-2H3. The van der Waals surface area contributed by atoms with Crippen LogP contribution in [0.25, 0.3) is 11.0 Å². The third-order valence-electron chi connectivity index (χ3n) is 2.54. The van der Waals surface area contributed by atoms with Gasteiger partial charge in [0.2, 0.25) is 0 Å². The molecule has 0 saturated carbocycles. The van der Waals surface area contributed by atoms with Crippen molar-refractivity contribution in [3.63, 3.8) is 0 Å². The molecule has 1 aromatic heterocycles. The SMILES string of the molecule is Cc1oc2c(C=O)cccc2c(=O)c1C. The van der Waals surface area contributed by atoms with E-state index in [9.17, 15) is 9.59 Å². The first-order valence-corrected chi connectivity index (χ1v) is 4.63. The topological polar surface area (TPSA) is 47.3 Å². The Morgan fingerprint density at radius 1 is 1.27 bits per heavy atom. The highest BCUT2D eigenvalue weighted by Gasteiger charge is 2.09. The van der Waals surface area contributed by atoms with Crippen molar-refractivity contribution in [2.24, 2.45) is 0 Å². The molecule has 15 heavy (non-hydrogen) atoms. The Morgan fingerprint density at radius 2 is 2.00 bits per heavy atom. The van der Waals surface area contributed by atoms with E-state index in [1.165, 1.54) is 0 Å². The van der Waals surface area contributed by atoms with E-state index in [1.54, 1.807) is 32.0 Å². The summed E-state index contributed by atoms with van der Waals surface area (Å²) in [5.74, 6) is 0.557. The molecule has 0 aliphatic heterocycles. The van der Waals surface area contributed by atoms with Crippen LogP contribution in [0.3, 0.4) is 0 Å². The summed E-state index contributed by atoms with van der Waals surface area (Å²) in [6.45, 7) is 3.44. The minimum atomic E-state index is -0.0718. The summed E-state index contributed by atoms with van der Waals surface area (Å²) in [6.07, 6.45) is 0.694. The summed E-state index contributed by atoms with van der Waals surface area (Å²) in [5.41, 5.74) is 1.30. The summed E-state index contributed by atoms with van der Waals surface area (Å²) < 4.78 is 5.46. The molecule has 0 aliphatic carbocycles. The van der Waals surface area contributed by atoms with Gasteiger partial charge < -0.3 is 4.42 Å². The first-order chi connectivity index (χ1) is 7.15. The highest BCUT2D eigenvalue weighted by molar-refractivity contribution is 5.94. The minimum absolute atomic E-state index is 0.0718. The van der Waals surface area contributed by atoms with Crippen LogP contribution in [0, 0.1) is 13.8 Å². The lowest BCUT2D eigenvalue weighted by molar-refractivity contribution is 0.112. The summed E-state index contributed by atoms with van der Waals surface area (Å²) in [7, 11) is 0. The Kier molecular flexibility index (Phi) is 2.15. The number of para-hydroxylation sites is 1. The average Bonchev–Trinajstić information content (AvgIpc) is 2.25. The van der Waals surface area contributed by atoms with Gasteiger partial charge in [0.1, 0.15) is 11.3 Å². The van der Waals surface area contributed by atoms with Crippen LogP contribution >= 0.6 is 0 Å². The molecule has 2 rings (SSSR count). The number of hydrogen-bond donors (Lipinski definition) is 0. The molecule has 0 radical (unpaired) electrons. The highest BCUT2D eigenvalue weighted by atomic mass is 16.3. The van der Waals surface area contributed by atoms with Crippen molar-refractivity contribution in [1.29, 1.82) is 0 Å². The zero-order chi connectivity index (χ0) is 11.0. The van der Waals surface area contributed by atoms with E-state index >= 15 is 0 Å². The van der Waals surface area contributed by atoms with Gasteiger partial charge in [-0.2, -0.15) is 0 Å². The molecule has 3 nitrogen and oxygen atoms in total. The van der Waals surface area contributed by atoms with Gasteiger partial charge in [-0.05, 0) is 26.0 Å². The van der Waals surface area contributed by atoms with Crippen molar-refractivity contribution < 1.29 is 9.21 Å². The fourth-order valence-electron chi connectivity index (χ4n) is 1.53. The van der Waals surface area contributed by atoms with E-state index in [2.05, 4.69) is 0 Å². The molecule has 0 aliphatic rings. The molecule has 2 aromatic rings. The Morgan fingerprint density at radius 3 is 2.67 bits per heavy atom. The zero-order valence-electron chi connectivity index (χ0n) is 8.53. The van der Waals surface area contributed by atoms with Gasteiger partial charge in [0.05, 0.1) is 10.9 Å². The van der Waals surface area contributed by atoms with E-state index in [1.807, 2.05) is 0 Å². The number of hydrogen-bond acceptors (Lipinski definition) is 3. The van der Waals surface area contributed by atoms with E-state index in [4.69, 9.17) is 4.42 Å². The van der Waals surface area contributed by atoms with E-state index in [0.717, 1.165) is 0 Å². The monoisotopic (exact) mass is 202 g/mol. The summed E-state index contributed by atoms with van der Waals surface area (Å²) in [4.78, 5) is 22.6. The second-order valence-corrected chi connectivity index (χ2v) is 3.45. The predicted octanol–water partition coefficient (Wildman–Crippen LogP) is 2.22. The number of benzene rings is 1. The van der Waals surface area contributed by atoms with Gasteiger partial charge in [-0.15, -0.1) is 0 Å². The fourth-order valence-corrected chi connectivity index (χ4v) is 1.53.